The maximum absolute atomic E-state index is 4.83. The molecule has 1 heterocycles. The minimum atomic E-state index is 0.280. The van der Waals surface area contributed by atoms with Crippen molar-refractivity contribution in [3.8, 4) is 23.0 Å². The maximum Gasteiger partial charge on any atom is 0.0670 e. The zero-order chi connectivity index (χ0) is 40.6. The molecule has 1 unspecified atom stereocenters. The number of nitrogens with one attached hydrogen (secondary N) is 1. The monoisotopic (exact) mass is 763 g/mol. The summed E-state index contributed by atoms with van der Waals surface area (Å²) in [7, 11) is 1.87. The lowest BCUT2D eigenvalue weighted by molar-refractivity contribution is 0.517. The van der Waals surface area contributed by atoms with Gasteiger partial charge in [0, 0.05) is 55.7 Å². The van der Waals surface area contributed by atoms with Crippen molar-refractivity contribution in [1.29, 1.82) is 0 Å². The summed E-state index contributed by atoms with van der Waals surface area (Å²) in [5.41, 5.74) is 10.1. The highest BCUT2D eigenvalue weighted by Crippen LogP contribution is 2.27. The van der Waals surface area contributed by atoms with Gasteiger partial charge in [0.05, 0.1) is 5.71 Å². The van der Waals surface area contributed by atoms with E-state index in [0.717, 1.165) is 97.1 Å². The van der Waals surface area contributed by atoms with Crippen LogP contribution >= 0.6 is 0 Å². The Morgan fingerprint density at radius 3 is 2.55 bits per heavy atom. The summed E-state index contributed by atoms with van der Waals surface area (Å²) in [6, 6.07) is 27.6. The number of aliphatic imine (C=N–C) groups is 1. The molecule has 3 heteroatoms. The molecule has 0 bridgehead atoms. The van der Waals surface area contributed by atoms with Crippen molar-refractivity contribution in [3.05, 3.63) is 194 Å². The first kappa shape index (κ1) is 43.1. The molecule has 0 aliphatic heterocycles. The van der Waals surface area contributed by atoms with Crippen LogP contribution in [0.4, 0.5) is 0 Å². The normalized spacial score (nSPS) is 13.8. The number of fused-ring (bicyclic) bond motifs is 1. The van der Waals surface area contributed by atoms with Gasteiger partial charge in [-0.1, -0.05) is 127 Å². The first-order valence-electron chi connectivity index (χ1n) is 21.1. The lowest BCUT2D eigenvalue weighted by Gasteiger charge is -2.21. The van der Waals surface area contributed by atoms with Crippen LogP contribution in [0.25, 0.3) is 27.6 Å². The number of hydrogen-bond acceptors (Lipinski definition) is 3. The Balaban J connectivity index is 1.28. The van der Waals surface area contributed by atoms with Crippen molar-refractivity contribution in [2.24, 2.45) is 10.9 Å². The van der Waals surface area contributed by atoms with E-state index in [1.807, 2.05) is 37.7 Å². The first-order chi connectivity index (χ1) is 28.6. The highest BCUT2D eigenvalue weighted by molar-refractivity contribution is 6.18. The van der Waals surface area contributed by atoms with E-state index in [0.29, 0.717) is 0 Å². The zero-order valence-corrected chi connectivity index (χ0v) is 34.6. The van der Waals surface area contributed by atoms with E-state index >= 15 is 0 Å². The quantitative estimate of drug-likeness (QED) is 0.0285. The van der Waals surface area contributed by atoms with E-state index in [1.54, 1.807) is 0 Å². The topological polar surface area (TPSA) is 37.3 Å². The molecule has 5 rings (SSSR count). The number of pyridine rings is 1. The average Bonchev–Trinajstić information content (AvgIpc) is 3.27. The van der Waals surface area contributed by atoms with Crippen LogP contribution < -0.4 is 5.32 Å². The average molecular weight is 764 g/mol. The molecule has 1 atom stereocenters. The minimum absolute atomic E-state index is 0.280. The molecule has 296 valence electrons. The third-order valence-corrected chi connectivity index (χ3v) is 10.5. The fraction of sp³-hybridized carbons (Fsp3) is 0.273. The summed E-state index contributed by atoms with van der Waals surface area (Å²) >= 11 is 0. The van der Waals surface area contributed by atoms with E-state index in [-0.39, 0.29) is 5.92 Å². The van der Waals surface area contributed by atoms with E-state index in [2.05, 4.69) is 157 Å². The summed E-state index contributed by atoms with van der Waals surface area (Å²) in [5, 5.41) is 6.26. The van der Waals surface area contributed by atoms with E-state index in [4.69, 9.17) is 4.99 Å². The molecule has 1 aromatic heterocycles. The lowest BCUT2D eigenvalue weighted by atomic mass is 9.91. The van der Waals surface area contributed by atoms with Gasteiger partial charge >= 0.3 is 0 Å². The Kier molecular flexibility index (Phi) is 18.3. The summed E-state index contributed by atoms with van der Waals surface area (Å²) < 4.78 is 0. The predicted molar refractivity (Wildman–Crippen MR) is 253 cm³/mol. The van der Waals surface area contributed by atoms with Crippen molar-refractivity contribution < 1.29 is 0 Å². The summed E-state index contributed by atoms with van der Waals surface area (Å²) in [6.45, 7) is 13.5. The van der Waals surface area contributed by atoms with Crippen molar-refractivity contribution in [3.63, 3.8) is 0 Å². The number of allylic oxidation sites excluding steroid dienone is 12. The standard InChI is InChI=1S/C55H61N3/c1-5-7-15-29-47(30-19-13-11-9-8-10-12-16-26-45-27-17-14-18-28-45)44(3)39-46(25-6-2)42-58-54(50-34-22-33-49(40-50)51-35-24-38-57-43-51)41-55(56-4)53-37-23-32-48-31-20-21-36-52(48)53/h5-6,17,19-24,27-38,40-41,43,46,58H,1-3,7,10-16,18,25-26,39,42H2,4H3/b30-19+,47-29-,54-41?,56-55?. The molecular weight excluding hydrogens is 703 g/mol. The number of nitrogens with zero attached hydrogens (tertiary/aromatic N) is 2. The van der Waals surface area contributed by atoms with Crippen molar-refractivity contribution in [1.82, 2.24) is 10.3 Å². The first-order valence-corrected chi connectivity index (χ1v) is 21.1. The summed E-state index contributed by atoms with van der Waals surface area (Å²) in [5.74, 6) is 7.08. The van der Waals surface area contributed by atoms with Crippen LogP contribution in [0.2, 0.25) is 0 Å². The molecule has 1 aliphatic rings. The smallest absolute Gasteiger partial charge is 0.0670 e. The highest BCUT2D eigenvalue weighted by Gasteiger charge is 2.15. The number of benzene rings is 3. The summed E-state index contributed by atoms with van der Waals surface area (Å²) in [6.07, 6.45) is 36.0. The van der Waals surface area contributed by atoms with Gasteiger partial charge in [0.15, 0.2) is 0 Å². The number of hydrogen-bond donors (Lipinski definition) is 1. The van der Waals surface area contributed by atoms with E-state index in [9.17, 15) is 0 Å². The summed E-state index contributed by atoms with van der Waals surface area (Å²) in [4.78, 5) is 9.21. The van der Waals surface area contributed by atoms with Gasteiger partial charge in [-0.25, -0.2) is 0 Å². The number of aromatic nitrogens is 1. The minimum Gasteiger partial charge on any atom is -0.384 e. The zero-order valence-electron chi connectivity index (χ0n) is 34.6. The third-order valence-electron chi connectivity index (χ3n) is 10.5. The Bertz CT molecular complexity index is 2210. The van der Waals surface area contributed by atoms with Crippen molar-refractivity contribution >= 4 is 22.2 Å². The van der Waals surface area contributed by atoms with Crippen LogP contribution in [0.15, 0.2) is 187 Å². The largest absolute Gasteiger partial charge is 0.384 e. The molecule has 0 saturated carbocycles. The molecule has 0 fully saturated rings. The molecule has 4 aromatic rings. The Morgan fingerprint density at radius 1 is 0.897 bits per heavy atom. The molecule has 0 amide bonds. The molecule has 1 N–H and O–H groups in total. The van der Waals surface area contributed by atoms with Crippen LogP contribution in [0.5, 0.6) is 0 Å². The van der Waals surface area contributed by atoms with Crippen LogP contribution in [-0.4, -0.2) is 24.3 Å². The molecule has 0 saturated heterocycles. The predicted octanol–water partition coefficient (Wildman–Crippen LogP) is 14.2. The van der Waals surface area contributed by atoms with Gasteiger partial charge < -0.3 is 5.32 Å². The van der Waals surface area contributed by atoms with E-state index in [1.165, 1.54) is 47.6 Å². The fourth-order valence-corrected chi connectivity index (χ4v) is 7.30. The van der Waals surface area contributed by atoms with Gasteiger partial charge in [0.25, 0.3) is 0 Å². The van der Waals surface area contributed by atoms with Crippen LogP contribution in [0.1, 0.15) is 88.2 Å². The second-order valence-corrected chi connectivity index (χ2v) is 14.9. The maximum atomic E-state index is 4.83. The lowest BCUT2D eigenvalue weighted by Crippen LogP contribution is -2.23. The number of unbranched alkanes of at least 4 members (excludes halogenated alkanes) is 4. The Morgan fingerprint density at radius 2 is 1.74 bits per heavy atom. The van der Waals surface area contributed by atoms with E-state index < -0.39 is 0 Å². The fourth-order valence-electron chi connectivity index (χ4n) is 7.30. The Hall–Kier alpha value is -5.98. The molecule has 3 nitrogen and oxygen atoms in total. The van der Waals surface area contributed by atoms with Gasteiger partial charge in [-0.2, -0.15) is 0 Å². The molecule has 3 aromatic carbocycles. The van der Waals surface area contributed by atoms with Gasteiger partial charge in [-0.3, -0.25) is 9.98 Å². The second kappa shape index (κ2) is 24.6. The van der Waals surface area contributed by atoms with Gasteiger partial charge in [-0.15, -0.1) is 25.0 Å². The third kappa shape index (κ3) is 13.9. The van der Waals surface area contributed by atoms with Crippen LogP contribution in [0.3, 0.4) is 0 Å². The van der Waals surface area contributed by atoms with Crippen molar-refractivity contribution in [2.45, 2.75) is 77.0 Å². The van der Waals surface area contributed by atoms with Gasteiger partial charge in [0.1, 0.15) is 0 Å². The van der Waals surface area contributed by atoms with Gasteiger partial charge in [0.2, 0.25) is 0 Å². The van der Waals surface area contributed by atoms with Crippen molar-refractivity contribution in [2.75, 3.05) is 13.6 Å². The SMILES string of the molecule is C=CCC/C=C(/C=C/CCC#CCCCCC1=CCCC=C1)C(=C)CC(CC=C)CNC(=CC(=NC)c1cccc2ccccc12)c1cccc(-c2cccnc2)c1. The van der Waals surface area contributed by atoms with Crippen LogP contribution in [-0.2, 0) is 0 Å². The highest BCUT2D eigenvalue weighted by atomic mass is 14.9. The van der Waals surface area contributed by atoms with Gasteiger partial charge in [-0.05, 0) is 121 Å². The molecule has 58 heavy (non-hydrogen) atoms. The molecule has 1 aliphatic carbocycles. The Labute approximate surface area is 349 Å². The second-order valence-electron chi connectivity index (χ2n) is 14.9. The molecular formula is C55H61N3. The van der Waals surface area contributed by atoms with Crippen LogP contribution in [0, 0.1) is 17.8 Å². The number of rotatable bonds is 22. The molecule has 0 spiro atoms. The molecule has 0 radical (unpaired) electrons.